The van der Waals surface area contributed by atoms with Crippen molar-refractivity contribution in [1.29, 1.82) is 0 Å². The number of hydrogen-bond donors (Lipinski definition) is 1. The molecule has 0 bridgehead atoms. The largest absolute Gasteiger partial charge is 0.348 e. The van der Waals surface area contributed by atoms with Crippen LogP contribution in [0.25, 0.3) is 11.0 Å². The molecule has 8 heteroatoms. The maximum absolute atomic E-state index is 12.1. The van der Waals surface area contributed by atoms with Crippen LogP contribution in [0.15, 0.2) is 60.6 Å². The third-order valence-electron chi connectivity index (χ3n) is 4.06. The normalized spacial score (nSPS) is 11.4. The van der Waals surface area contributed by atoms with Gasteiger partial charge in [0.1, 0.15) is 0 Å². The van der Waals surface area contributed by atoms with Crippen molar-refractivity contribution in [2.45, 2.75) is 13.1 Å². The predicted molar refractivity (Wildman–Crippen MR) is 107 cm³/mol. The van der Waals surface area contributed by atoms with Crippen molar-refractivity contribution < 1.29 is 4.79 Å². The van der Waals surface area contributed by atoms with Gasteiger partial charge in [-0.15, -0.1) is 11.3 Å². The SMILES string of the molecule is O=C(/C=C/c1c(Cl)nc2sccn12)NCc1ccc(Cn2ccnc2)cc1. The highest BCUT2D eigenvalue weighted by atomic mass is 35.5. The Bertz CT molecular complexity index is 1080. The molecule has 1 N–H and O–H groups in total. The molecule has 0 aliphatic heterocycles. The molecule has 0 aliphatic carbocycles. The third kappa shape index (κ3) is 4.10. The Morgan fingerprint density at radius 3 is 2.81 bits per heavy atom. The summed E-state index contributed by atoms with van der Waals surface area (Å²) in [5.41, 5.74) is 2.92. The van der Waals surface area contributed by atoms with E-state index in [1.54, 1.807) is 18.6 Å². The number of fused-ring (bicyclic) bond motifs is 1. The maximum atomic E-state index is 12.1. The molecule has 3 aromatic heterocycles. The van der Waals surface area contributed by atoms with Gasteiger partial charge in [0.2, 0.25) is 5.91 Å². The molecular formula is C19H16ClN5OS. The average Bonchev–Trinajstić information content (AvgIpc) is 3.38. The summed E-state index contributed by atoms with van der Waals surface area (Å²) in [5.74, 6) is -0.182. The second-order valence-corrected chi connectivity index (χ2v) is 7.18. The van der Waals surface area contributed by atoms with E-state index in [1.807, 2.05) is 38.9 Å². The van der Waals surface area contributed by atoms with E-state index in [4.69, 9.17) is 11.6 Å². The zero-order chi connectivity index (χ0) is 18.6. The number of amides is 1. The maximum Gasteiger partial charge on any atom is 0.244 e. The lowest BCUT2D eigenvalue weighted by molar-refractivity contribution is -0.116. The molecule has 0 saturated carbocycles. The molecule has 0 unspecified atom stereocenters. The Labute approximate surface area is 164 Å². The molecule has 0 aliphatic rings. The molecule has 3 heterocycles. The fourth-order valence-corrected chi connectivity index (χ4v) is 3.69. The molecule has 136 valence electrons. The van der Waals surface area contributed by atoms with Crippen LogP contribution in [0.3, 0.4) is 0 Å². The van der Waals surface area contributed by atoms with Gasteiger partial charge in [0.25, 0.3) is 0 Å². The first kappa shape index (κ1) is 17.5. The second-order valence-electron chi connectivity index (χ2n) is 5.95. The van der Waals surface area contributed by atoms with Crippen LogP contribution in [0.1, 0.15) is 16.8 Å². The Morgan fingerprint density at radius 1 is 1.22 bits per heavy atom. The third-order valence-corrected chi connectivity index (χ3v) is 5.10. The van der Waals surface area contributed by atoms with Crippen molar-refractivity contribution in [1.82, 2.24) is 24.3 Å². The van der Waals surface area contributed by atoms with Gasteiger partial charge >= 0.3 is 0 Å². The molecule has 4 rings (SSSR count). The molecule has 4 aromatic rings. The zero-order valence-corrected chi connectivity index (χ0v) is 15.8. The Kier molecular flexibility index (Phi) is 5.04. The van der Waals surface area contributed by atoms with E-state index in [1.165, 1.54) is 23.0 Å². The van der Waals surface area contributed by atoms with Gasteiger partial charge in [-0.3, -0.25) is 9.20 Å². The number of thiazole rings is 1. The minimum atomic E-state index is -0.182. The molecule has 1 aromatic carbocycles. The molecule has 0 saturated heterocycles. The van der Waals surface area contributed by atoms with Gasteiger partial charge in [-0.1, -0.05) is 35.9 Å². The van der Waals surface area contributed by atoms with E-state index >= 15 is 0 Å². The summed E-state index contributed by atoms with van der Waals surface area (Å²) < 4.78 is 3.86. The standard InChI is InChI=1S/C19H16ClN5OS/c20-18-16(25-9-10-27-19(25)23-18)5-6-17(26)22-11-14-1-3-15(4-2-14)12-24-8-7-21-13-24/h1-10,13H,11-12H2,(H,22,26)/b6-5+. The fourth-order valence-electron chi connectivity index (χ4n) is 2.68. The monoisotopic (exact) mass is 397 g/mol. The number of imidazole rings is 2. The molecular weight excluding hydrogens is 382 g/mol. The lowest BCUT2D eigenvalue weighted by atomic mass is 10.1. The summed E-state index contributed by atoms with van der Waals surface area (Å²) in [6.45, 7) is 1.24. The highest BCUT2D eigenvalue weighted by molar-refractivity contribution is 7.15. The van der Waals surface area contributed by atoms with Crippen molar-refractivity contribution in [3.8, 4) is 0 Å². The first-order chi connectivity index (χ1) is 13.2. The minimum Gasteiger partial charge on any atom is -0.348 e. The van der Waals surface area contributed by atoms with Gasteiger partial charge in [-0.05, 0) is 17.2 Å². The number of nitrogens with one attached hydrogen (secondary N) is 1. The number of hydrogen-bond acceptors (Lipinski definition) is 4. The summed E-state index contributed by atoms with van der Waals surface area (Å²) in [7, 11) is 0. The number of carbonyl (C=O) groups excluding carboxylic acids is 1. The Balaban J connectivity index is 1.33. The molecule has 6 nitrogen and oxygen atoms in total. The van der Waals surface area contributed by atoms with E-state index in [2.05, 4.69) is 27.4 Å². The van der Waals surface area contributed by atoms with Crippen molar-refractivity contribution in [2.75, 3.05) is 0 Å². The lowest BCUT2D eigenvalue weighted by Crippen LogP contribution is -2.20. The van der Waals surface area contributed by atoms with Crippen molar-refractivity contribution in [2.24, 2.45) is 0 Å². The first-order valence-electron chi connectivity index (χ1n) is 8.29. The topological polar surface area (TPSA) is 64.2 Å². The highest BCUT2D eigenvalue weighted by Gasteiger charge is 2.08. The number of nitrogens with zero attached hydrogens (tertiary/aromatic N) is 4. The summed E-state index contributed by atoms with van der Waals surface area (Å²) in [6.07, 6.45) is 10.5. The summed E-state index contributed by atoms with van der Waals surface area (Å²) in [4.78, 5) is 21.2. The quantitative estimate of drug-likeness (QED) is 0.505. The number of carbonyl (C=O) groups is 1. The molecule has 1 amide bonds. The van der Waals surface area contributed by atoms with Crippen molar-refractivity contribution >= 4 is 39.9 Å². The van der Waals surface area contributed by atoms with Crippen LogP contribution in [0, 0.1) is 0 Å². The van der Waals surface area contributed by atoms with E-state index in [0.717, 1.165) is 17.1 Å². The zero-order valence-electron chi connectivity index (χ0n) is 14.2. The van der Waals surface area contributed by atoms with Gasteiger partial charge in [0.05, 0.1) is 12.0 Å². The summed E-state index contributed by atoms with van der Waals surface area (Å²) in [6, 6.07) is 8.13. The van der Waals surface area contributed by atoms with Gasteiger partial charge in [0, 0.05) is 43.1 Å². The van der Waals surface area contributed by atoms with Gasteiger partial charge < -0.3 is 9.88 Å². The van der Waals surface area contributed by atoms with Crippen LogP contribution < -0.4 is 5.32 Å². The van der Waals surface area contributed by atoms with E-state index in [0.29, 0.717) is 17.4 Å². The Hall–Kier alpha value is -2.90. The van der Waals surface area contributed by atoms with Gasteiger partial charge in [0.15, 0.2) is 10.1 Å². The number of halogens is 1. The molecule has 0 atom stereocenters. The van der Waals surface area contributed by atoms with Gasteiger partial charge in [-0.25, -0.2) is 9.97 Å². The summed E-state index contributed by atoms with van der Waals surface area (Å²) in [5, 5.41) is 5.19. The van der Waals surface area contributed by atoms with Crippen LogP contribution in [-0.4, -0.2) is 24.8 Å². The highest BCUT2D eigenvalue weighted by Crippen LogP contribution is 2.22. The molecule has 27 heavy (non-hydrogen) atoms. The van der Waals surface area contributed by atoms with Gasteiger partial charge in [-0.2, -0.15) is 0 Å². The van der Waals surface area contributed by atoms with Crippen LogP contribution >= 0.6 is 22.9 Å². The second kappa shape index (κ2) is 7.77. The van der Waals surface area contributed by atoms with Crippen LogP contribution in [0.5, 0.6) is 0 Å². The van der Waals surface area contributed by atoms with Crippen LogP contribution in [0.4, 0.5) is 0 Å². The average molecular weight is 398 g/mol. The Morgan fingerprint density at radius 2 is 2.04 bits per heavy atom. The smallest absolute Gasteiger partial charge is 0.244 e. The van der Waals surface area contributed by atoms with E-state index < -0.39 is 0 Å². The van der Waals surface area contributed by atoms with Crippen molar-refractivity contribution in [3.63, 3.8) is 0 Å². The molecule has 0 fully saturated rings. The predicted octanol–water partition coefficient (Wildman–Crippen LogP) is 3.62. The number of benzene rings is 1. The first-order valence-corrected chi connectivity index (χ1v) is 9.55. The minimum absolute atomic E-state index is 0.182. The number of aromatic nitrogens is 4. The van der Waals surface area contributed by atoms with Crippen LogP contribution in [-0.2, 0) is 17.9 Å². The van der Waals surface area contributed by atoms with E-state index in [9.17, 15) is 4.79 Å². The molecule has 0 spiro atoms. The molecule has 0 radical (unpaired) electrons. The fraction of sp³-hybridized carbons (Fsp3) is 0.105. The number of rotatable bonds is 6. The van der Waals surface area contributed by atoms with E-state index in [-0.39, 0.29) is 5.91 Å². The van der Waals surface area contributed by atoms with Crippen molar-refractivity contribution in [3.05, 3.63) is 82.6 Å². The van der Waals surface area contributed by atoms with Crippen LogP contribution in [0.2, 0.25) is 5.15 Å². The lowest BCUT2D eigenvalue weighted by Gasteiger charge is -2.06. The summed E-state index contributed by atoms with van der Waals surface area (Å²) >= 11 is 7.61.